The highest BCUT2D eigenvalue weighted by molar-refractivity contribution is 5.95. The van der Waals surface area contributed by atoms with E-state index in [9.17, 15) is 9.59 Å². The van der Waals surface area contributed by atoms with Crippen LogP contribution < -0.4 is 10.1 Å². The highest BCUT2D eigenvalue weighted by Gasteiger charge is 2.25. The van der Waals surface area contributed by atoms with Crippen molar-refractivity contribution in [3.05, 3.63) is 29.6 Å². The maximum Gasteiger partial charge on any atom is 0.257 e. The monoisotopic (exact) mass is 429 g/mol. The Morgan fingerprint density at radius 2 is 1.97 bits per heavy atom. The summed E-state index contributed by atoms with van der Waals surface area (Å²) in [6, 6.07) is 3.60. The van der Waals surface area contributed by atoms with E-state index in [2.05, 4.69) is 25.5 Å². The lowest BCUT2D eigenvalue weighted by molar-refractivity contribution is -0.122. The molecule has 1 saturated heterocycles. The van der Waals surface area contributed by atoms with Crippen molar-refractivity contribution in [3.63, 3.8) is 0 Å². The molecule has 0 spiro atoms. The fourth-order valence-electron chi connectivity index (χ4n) is 3.70. The number of nitrogens with zero attached hydrogens (tertiary/aromatic N) is 6. The van der Waals surface area contributed by atoms with E-state index in [0.29, 0.717) is 49.9 Å². The van der Waals surface area contributed by atoms with Crippen LogP contribution in [-0.4, -0.2) is 87.5 Å². The lowest BCUT2D eigenvalue weighted by atomic mass is 10.1. The molecule has 0 atom stereocenters. The normalized spacial score (nSPS) is 15.1. The molecule has 10 nitrogen and oxygen atoms in total. The van der Waals surface area contributed by atoms with Gasteiger partial charge in [-0.05, 0) is 32.8 Å². The van der Waals surface area contributed by atoms with Crippen LogP contribution in [0.5, 0.6) is 5.88 Å². The number of hydrogen-bond acceptors (Lipinski definition) is 7. The van der Waals surface area contributed by atoms with E-state index in [0.717, 1.165) is 18.7 Å². The number of hydrogen-bond donors (Lipinski definition) is 1. The second-order valence-corrected chi connectivity index (χ2v) is 7.85. The number of carbonyl (C=O) groups excluding carboxylic acids is 2. The Morgan fingerprint density at radius 1 is 1.16 bits per heavy atom. The third-order valence-electron chi connectivity index (χ3n) is 5.18. The molecule has 2 aromatic heterocycles. The van der Waals surface area contributed by atoms with Crippen molar-refractivity contribution in [2.75, 3.05) is 39.8 Å². The van der Waals surface area contributed by atoms with E-state index in [1.807, 2.05) is 25.7 Å². The first kappa shape index (κ1) is 22.7. The number of methoxy groups -OCH3 is 1. The highest BCUT2D eigenvalue weighted by atomic mass is 16.5. The Balaban J connectivity index is 1.69. The molecule has 0 aromatic carbocycles. The molecule has 3 heterocycles. The highest BCUT2D eigenvalue weighted by Crippen LogP contribution is 2.18. The minimum atomic E-state index is -0.0435. The van der Waals surface area contributed by atoms with E-state index in [4.69, 9.17) is 4.74 Å². The first-order valence-corrected chi connectivity index (χ1v) is 10.7. The fourth-order valence-corrected chi connectivity index (χ4v) is 3.70. The van der Waals surface area contributed by atoms with E-state index < -0.39 is 0 Å². The van der Waals surface area contributed by atoms with Gasteiger partial charge in [0.2, 0.25) is 11.8 Å². The molecule has 1 fully saturated rings. The molecule has 31 heavy (non-hydrogen) atoms. The summed E-state index contributed by atoms with van der Waals surface area (Å²) < 4.78 is 6.71. The molecule has 0 saturated carbocycles. The Bertz CT molecular complexity index is 895. The Labute approximate surface area is 182 Å². The zero-order chi connectivity index (χ0) is 22.4. The molecule has 10 heteroatoms. The summed E-state index contributed by atoms with van der Waals surface area (Å²) in [5.41, 5.74) is 1.37. The first-order chi connectivity index (χ1) is 14.9. The second-order valence-electron chi connectivity index (χ2n) is 7.85. The third kappa shape index (κ3) is 5.57. The van der Waals surface area contributed by atoms with E-state index >= 15 is 0 Å². The van der Waals surface area contributed by atoms with Crippen LogP contribution in [0, 0.1) is 0 Å². The lowest BCUT2D eigenvalue weighted by Gasteiger charge is -2.22. The predicted octanol–water partition coefficient (Wildman–Crippen LogP) is 0.906. The van der Waals surface area contributed by atoms with Crippen molar-refractivity contribution in [2.45, 2.75) is 39.7 Å². The largest absolute Gasteiger partial charge is 0.480 e. The van der Waals surface area contributed by atoms with Gasteiger partial charge in [-0.1, -0.05) is 6.92 Å². The summed E-state index contributed by atoms with van der Waals surface area (Å²) in [7, 11) is 1.53. The minimum Gasteiger partial charge on any atom is -0.480 e. The third-order valence-corrected chi connectivity index (χ3v) is 5.18. The number of amides is 2. The van der Waals surface area contributed by atoms with Gasteiger partial charge in [-0.2, -0.15) is 5.10 Å². The van der Waals surface area contributed by atoms with Gasteiger partial charge in [0.05, 0.1) is 31.1 Å². The average molecular weight is 430 g/mol. The van der Waals surface area contributed by atoms with Crippen LogP contribution in [0.2, 0.25) is 0 Å². The lowest BCUT2D eigenvalue weighted by Crippen LogP contribution is -2.42. The van der Waals surface area contributed by atoms with Crippen molar-refractivity contribution in [3.8, 4) is 11.7 Å². The van der Waals surface area contributed by atoms with Crippen molar-refractivity contribution in [2.24, 2.45) is 0 Å². The Kier molecular flexibility index (Phi) is 7.56. The average Bonchev–Trinajstić information content (AvgIpc) is 3.05. The van der Waals surface area contributed by atoms with Crippen LogP contribution in [0.3, 0.4) is 0 Å². The Morgan fingerprint density at radius 3 is 2.61 bits per heavy atom. The Hall–Kier alpha value is -3.01. The molecule has 0 bridgehead atoms. The second kappa shape index (κ2) is 10.3. The van der Waals surface area contributed by atoms with Crippen LogP contribution in [0.4, 0.5) is 0 Å². The summed E-state index contributed by atoms with van der Waals surface area (Å²) in [6.07, 6.45) is 3.05. The van der Waals surface area contributed by atoms with Crippen molar-refractivity contribution in [1.29, 1.82) is 0 Å². The summed E-state index contributed by atoms with van der Waals surface area (Å²) in [5.74, 6) is 0.930. The zero-order valence-corrected chi connectivity index (χ0v) is 18.7. The van der Waals surface area contributed by atoms with Crippen molar-refractivity contribution < 1.29 is 14.3 Å². The van der Waals surface area contributed by atoms with Crippen LogP contribution in [0.1, 0.15) is 43.2 Å². The quantitative estimate of drug-likeness (QED) is 0.697. The number of nitrogens with one attached hydrogen (secondary N) is 1. The van der Waals surface area contributed by atoms with Gasteiger partial charge in [0.15, 0.2) is 5.82 Å². The van der Waals surface area contributed by atoms with Gasteiger partial charge in [0, 0.05) is 38.3 Å². The maximum absolute atomic E-state index is 13.3. The molecular formula is C21H31N7O3. The van der Waals surface area contributed by atoms with E-state index in [1.165, 1.54) is 7.11 Å². The van der Waals surface area contributed by atoms with Crippen LogP contribution in [-0.2, 0) is 11.2 Å². The molecule has 1 aliphatic rings. The molecule has 3 rings (SSSR count). The van der Waals surface area contributed by atoms with E-state index in [-0.39, 0.29) is 17.9 Å². The first-order valence-electron chi connectivity index (χ1n) is 10.7. The zero-order valence-electron chi connectivity index (χ0n) is 18.7. The van der Waals surface area contributed by atoms with Gasteiger partial charge in [-0.25, -0.2) is 4.68 Å². The molecule has 168 valence electrons. The summed E-state index contributed by atoms with van der Waals surface area (Å²) in [6.45, 7) is 8.91. The standard InChI is InChI=1S/C21H31N7O3/c1-5-17-16(13-22-28(17)18-7-8-20(31-4)25-24-18)21(30)27-10-6-9-26(11-12-27)14-19(29)23-15(2)3/h7-8,13,15H,5-6,9-12,14H2,1-4H3,(H,23,29). The summed E-state index contributed by atoms with van der Waals surface area (Å²) in [4.78, 5) is 29.3. The maximum atomic E-state index is 13.3. The van der Waals surface area contributed by atoms with Crippen LogP contribution in [0.15, 0.2) is 18.3 Å². The van der Waals surface area contributed by atoms with Gasteiger partial charge >= 0.3 is 0 Å². The van der Waals surface area contributed by atoms with E-state index in [1.54, 1.807) is 23.0 Å². The van der Waals surface area contributed by atoms with Gasteiger partial charge in [-0.3, -0.25) is 14.5 Å². The van der Waals surface area contributed by atoms with Crippen LogP contribution >= 0.6 is 0 Å². The molecule has 2 amide bonds. The molecule has 1 N–H and O–H groups in total. The molecule has 1 aliphatic heterocycles. The number of carbonyl (C=O) groups is 2. The van der Waals surface area contributed by atoms with Gasteiger partial charge in [0.1, 0.15) is 0 Å². The predicted molar refractivity (Wildman–Crippen MR) is 115 cm³/mol. The molecule has 0 aliphatic carbocycles. The SMILES string of the molecule is CCc1c(C(=O)N2CCCN(CC(=O)NC(C)C)CC2)cnn1-c1ccc(OC)nn1. The molecule has 0 unspecified atom stereocenters. The number of ether oxygens (including phenoxy) is 1. The molecule has 2 aromatic rings. The van der Waals surface area contributed by atoms with Crippen molar-refractivity contribution in [1.82, 2.24) is 35.1 Å². The topological polar surface area (TPSA) is 105 Å². The van der Waals surface area contributed by atoms with Crippen molar-refractivity contribution >= 4 is 11.8 Å². The molecule has 0 radical (unpaired) electrons. The number of aromatic nitrogens is 4. The van der Waals surface area contributed by atoms with Gasteiger partial charge in [-0.15, -0.1) is 10.2 Å². The minimum absolute atomic E-state index is 0.0184. The molecular weight excluding hydrogens is 398 g/mol. The fraction of sp³-hybridized carbons (Fsp3) is 0.571. The van der Waals surface area contributed by atoms with Crippen LogP contribution in [0.25, 0.3) is 5.82 Å². The van der Waals surface area contributed by atoms with Gasteiger partial charge < -0.3 is 15.0 Å². The van der Waals surface area contributed by atoms with Gasteiger partial charge in [0.25, 0.3) is 5.91 Å². The summed E-state index contributed by atoms with van der Waals surface area (Å²) >= 11 is 0. The number of rotatable bonds is 7. The smallest absolute Gasteiger partial charge is 0.257 e. The summed E-state index contributed by atoms with van der Waals surface area (Å²) in [5, 5.41) is 15.4.